The quantitative estimate of drug-likeness (QED) is 0.825. The van der Waals surface area contributed by atoms with Gasteiger partial charge in [-0.15, -0.1) is 0 Å². The smallest absolute Gasteiger partial charge is 0.121 e. The number of hydrogen-bond donors (Lipinski definition) is 2. The molecule has 0 aliphatic heterocycles. The number of aromatic amines is 1. The van der Waals surface area contributed by atoms with Crippen molar-refractivity contribution >= 4 is 34.2 Å². The third kappa shape index (κ3) is 2.48. The topological polar surface area (TPSA) is 40.7 Å². The molecule has 0 unspecified atom stereocenters. The minimum atomic E-state index is 0.536. The molecule has 1 heterocycles. The van der Waals surface area contributed by atoms with Crippen LogP contribution in [0.15, 0.2) is 12.1 Å². The van der Waals surface area contributed by atoms with Crippen molar-refractivity contribution in [2.75, 3.05) is 6.54 Å². The molecule has 0 amide bonds. The number of halogens is 2. The van der Waals surface area contributed by atoms with Crippen LogP contribution in [0.25, 0.3) is 11.0 Å². The van der Waals surface area contributed by atoms with E-state index in [0.29, 0.717) is 10.0 Å². The van der Waals surface area contributed by atoms with Gasteiger partial charge >= 0.3 is 0 Å². The molecule has 0 aliphatic carbocycles. The summed E-state index contributed by atoms with van der Waals surface area (Å²) in [5, 5.41) is 4.36. The molecule has 0 saturated heterocycles. The molecular formula is C11H13Cl2N3. The van der Waals surface area contributed by atoms with Crippen molar-refractivity contribution in [1.29, 1.82) is 0 Å². The highest BCUT2D eigenvalue weighted by atomic mass is 35.5. The second-order valence-electron chi connectivity index (χ2n) is 3.64. The summed E-state index contributed by atoms with van der Waals surface area (Å²) in [5.74, 6) is 0.904. The van der Waals surface area contributed by atoms with Gasteiger partial charge in [0.1, 0.15) is 5.82 Å². The molecule has 0 aliphatic rings. The molecule has 0 radical (unpaired) electrons. The fraction of sp³-hybridized carbons (Fsp3) is 0.364. The second kappa shape index (κ2) is 5.04. The number of hydrogen-bond acceptors (Lipinski definition) is 2. The standard InChI is InChI=1S/C11H13Cl2N3/c1-2-3-14-6-11-15-9-4-7(12)8(13)5-10(9)16-11/h4-5,14H,2-3,6H2,1H3,(H,15,16). The molecule has 2 aromatic rings. The molecule has 0 spiro atoms. The van der Waals surface area contributed by atoms with Crippen LogP contribution in [0.1, 0.15) is 19.2 Å². The van der Waals surface area contributed by atoms with Crippen molar-refractivity contribution < 1.29 is 0 Å². The molecule has 1 aromatic heterocycles. The summed E-state index contributed by atoms with van der Waals surface area (Å²) in [6, 6.07) is 3.58. The Morgan fingerprint density at radius 2 is 2.06 bits per heavy atom. The maximum Gasteiger partial charge on any atom is 0.121 e. The Kier molecular flexibility index (Phi) is 3.69. The van der Waals surface area contributed by atoms with Crippen molar-refractivity contribution in [3.8, 4) is 0 Å². The van der Waals surface area contributed by atoms with Crippen molar-refractivity contribution in [3.63, 3.8) is 0 Å². The maximum atomic E-state index is 5.93. The summed E-state index contributed by atoms with van der Waals surface area (Å²) in [7, 11) is 0. The Bertz CT molecular complexity index is 454. The maximum absolute atomic E-state index is 5.93. The molecule has 16 heavy (non-hydrogen) atoms. The van der Waals surface area contributed by atoms with Gasteiger partial charge in [0.25, 0.3) is 0 Å². The summed E-state index contributed by atoms with van der Waals surface area (Å²) in [5.41, 5.74) is 1.77. The first kappa shape index (κ1) is 11.7. The first-order valence-electron chi connectivity index (χ1n) is 5.25. The van der Waals surface area contributed by atoms with Gasteiger partial charge in [-0.05, 0) is 25.1 Å². The number of nitrogens with one attached hydrogen (secondary N) is 2. The lowest BCUT2D eigenvalue weighted by Crippen LogP contribution is -2.14. The predicted molar refractivity (Wildman–Crippen MR) is 68.1 cm³/mol. The van der Waals surface area contributed by atoms with E-state index in [1.165, 1.54) is 0 Å². The predicted octanol–water partition coefficient (Wildman–Crippen LogP) is 3.37. The number of benzene rings is 1. The Morgan fingerprint density at radius 3 is 2.81 bits per heavy atom. The minimum absolute atomic E-state index is 0.536. The Morgan fingerprint density at radius 1 is 1.31 bits per heavy atom. The van der Waals surface area contributed by atoms with Crippen LogP contribution in [0, 0.1) is 0 Å². The van der Waals surface area contributed by atoms with Crippen LogP contribution in [-0.4, -0.2) is 16.5 Å². The van der Waals surface area contributed by atoms with Crippen LogP contribution in [0.3, 0.4) is 0 Å². The van der Waals surface area contributed by atoms with E-state index < -0.39 is 0 Å². The van der Waals surface area contributed by atoms with Gasteiger partial charge in [-0.25, -0.2) is 4.98 Å². The van der Waals surface area contributed by atoms with Gasteiger partial charge in [0, 0.05) is 0 Å². The number of nitrogens with zero attached hydrogens (tertiary/aromatic N) is 1. The van der Waals surface area contributed by atoms with Crippen LogP contribution in [0.4, 0.5) is 0 Å². The summed E-state index contributed by atoms with van der Waals surface area (Å²) < 4.78 is 0. The van der Waals surface area contributed by atoms with Crippen LogP contribution in [0.5, 0.6) is 0 Å². The molecule has 0 fully saturated rings. The molecular weight excluding hydrogens is 245 g/mol. The number of fused-ring (bicyclic) bond motifs is 1. The van der Waals surface area contributed by atoms with E-state index in [1.54, 1.807) is 12.1 Å². The Hall–Kier alpha value is -0.770. The Labute approximate surface area is 104 Å². The van der Waals surface area contributed by atoms with Crippen molar-refractivity contribution in [1.82, 2.24) is 15.3 Å². The highest BCUT2D eigenvalue weighted by molar-refractivity contribution is 6.42. The average Bonchev–Trinajstić information content (AvgIpc) is 2.61. The van der Waals surface area contributed by atoms with Gasteiger partial charge < -0.3 is 10.3 Å². The first-order chi connectivity index (χ1) is 7.70. The van der Waals surface area contributed by atoms with E-state index in [1.807, 2.05) is 0 Å². The summed E-state index contributed by atoms with van der Waals surface area (Å²) in [4.78, 5) is 7.63. The molecule has 2 N–H and O–H groups in total. The zero-order valence-corrected chi connectivity index (χ0v) is 10.5. The van der Waals surface area contributed by atoms with Crippen LogP contribution in [-0.2, 0) is 6.54 Å². The van der Waals surface area contributed by atoms with Gasteiger partial charge in [-0.1, -0.05) is 30.1 Å². The molecule has 3 nitrogen and oxygen atoms in total. The average molecular weight is 258 g/mol. The number of aromatic nitrogens is 2. The molecule has 0 saturated carbocycles. The molecule has 0 bridgehead atoms. The van der Waals surface area contributed by atoms with Crippen LogP contribution in [0.2, 0.25) is 10.0 Å². The molecule has 5 heteroatoms. The molecule has 2 rings (SSSR count). The second-order valence-corrected chi connectivity index (χ2v) is 4.46. The summed E-state index contributed by atoms with van der Waals surface area (Å²) >= 11 is 11.9. The lowest BCUT2D eigenvalue weighted by Gasteiger charge is -1.97. The highest BCUT2D eigenvalue weighted by Gasteiger charge is 2.05. The lowest BCUT2D eigenvalue weighted by atomic mass is 10.3. The van der Waals surface area contributed by atoms with E-state index in [-0.39, 0.29) is 0 Å². The zero-order chi connectivity index (χ0) is 11.5. The molecule has 0 atom stereocenters. The normalized spacial score (nSPS) is 11.2. The van der Waals surface area contributed by atoms with Crippen LogP contribution >= 0.6 is 23.2 Å². The van der Waals surface area contributed by atoms with E-state index in [2.05, 4.69) is 22.2 Å². The monoisotopic (exact) mass is 257 g/mol. The molecule has 86 valence electrons. The van der Waals surface area contributed by atoms with Gasteiger partial charge in [0.2, 0.25) is 0 Å². The largest absolute Gasteiger partial charge is 0.341 e. The van der Waals surface area contributed by atoms with E-state index in [9.17, 15) is 0 Å². The minimum Gasteiger partial charge on any atom is -0.341 e. The van der Waals surface area contributed by atoms with E-state index >= 15 is 0 Å². The Balaban J connectivity index is 2.23. The van der Waals surface area contributed by atoms with Crippen LogP contribution < -0.4 is 5.32 Å². The van der Waals surface area contributed by atoms with Crippen molar-refractivity contribution in [2.45, 2.75) is 19.9 Å². The number of imidazole rings is 1. The lowest BCUT2D eigenvalue weighted by molar-refractivity contribution is 0.656. The van der Waals surface area contributed by atoms with Crippen molar-refractivity contribution in [3.05, 3.63) is 28.0 Å². The zero-order valence-electron chi connectivity index (χ0n) is 8.98. The third-order valence-corrected chi connectivity index (χ3v) is 3.01. The van der Waals surface area contributed by atoms with Gasteiger partial charge in [-0.3, -0.25) is 0 Å². The number of rotatable bonds is 4. The van der Waals surface area contributed by atoms with Gasteiger partial charge in [-0.2, -0.15) is 0 Å². The number of H-pyrrole nitrogens is 1. The summed E-state index contributed by atoms with van der Waals surface area (Å²) in [6.07, 6.45) is 1.11. The summed E-state index contributed by atoms with van der Waals surface area (Å²) in [6.45, 7) is 3.85. The van der Waals surface area contributed by atoms with Crippen molar-refractivity contribution in [2.24, 2.45) is 0 Å². The van der Waals surface area contributed by atoms with E-state index in [4.69, 9.17) is 23.2 Å². The molecule has 1 aromatic carbocycles. The third-order valence-electron chi connectivity index (χ3n) is 2.29. The fourth-order valence-corrected chi connectivity index (χ4v) is 1.85. The first-order valence-corrected chi connectivity index (χ1v) is 6.00. The highest BCUT2D eigenvalue weighted by Crippen LogP contribution is 2.26. The fourth-order valence-electron chi connectivity index (χ4n) is 1.53. The van der Waals surface area contributed by atoms with Gasteiger partial charge in [0.05, 0.1) is 27.6 Å². The van der Waals surface area contributed by atoms with E-state index in [0.717, 1.165) is 36.4 Å². The van der Waals surface area contributed by atoms with Gasteiger partial charge in [0.15, 0.2) is 0 Å². The SMILES string of the molecule is CCCNCc1nc2cc(Cl)c(Cl)cc2[nH]1.